The number of carbonyl (C=O) groups is 1. The number of nitrogens with zero attached hydrogens (tertiary/aromatic N) is 4. The molecule has 0 radical (unpaired) electrons. The molecule has 0 saturated carbocycles. The average molecular weight is 490 g/mol. The average Bonchev–Trinajstić information content (AvgIpc) is 3.25. The Bertz CT molecular complexity index is 1470. The quantitative estimate of drug-likeness (QED) is 0.374. The molecule has 0 aliphatic carbocycles. The molecule has 1 amide bonds. The van der Waals surface area contributed by atoms with Crippen LogP contribution in [0.1, 0.15) is 15.9 Å². The second-order valence-electron chi connectivity index (χ2n) is 8.75. The maximum absolute atomic E-state index is 13.1. The number of benzene rings is 2. The van der Waals surface area contributed by atoms with Crippen molar-refractivity contribution in [3.8, 4) is 5.75 Å². The Balaban J connectivity index is 1.37. The Morgan fingerprint density at radius 2 is 1.89 bits per heavy atom. The number of likely N-dealkylation sites (N-methyl/N-ethyl adjacent to an activating group) is 1. The van der Waals surface area contributed by atoms with Gasteiger partial charge in [0, 0.05) is 60.9 Å². The third-order valence-electron chi connectivity index (χ3n) is 6.09. The van der Waals surface area contributed by atoms with Gasteiger partial charge < -0.3 is 29.6 Å². The lowest BCUT2D eigenvalue weighted by Gasteiger charge is -2.32. The first-order valence-electron chi connectivity index (χ1n) is 11.6. The van der Waals surface area contributed by atoms with Gasteiger partial charge in [-0.05, 0) is 44.3 Å². The van der Waals surface area contributed by atoms with Gasteiger partial charge in [-0.2, -0.15) is 4.98 Å². The Labute approximate surface area is 207 Å². The molecule has 0 unspecified atom stereocenters. The molecule has 3 heterocycles. The lowest BCUT2D eigenvalue weighted by atomic mass is 10.1. The molecule has 2 aromatic carbocycles. The predicted octanol–water partition coefficient (Wildman–Crippen LogP) is 3.10. The summed E-state index contributed by atoms with van der Waals surface area (Å²) in [5.41, 5.74) is 3.80. The fourth-order valence-corrected chi connectivity index (χ4v) is 4.03. The lowest BCUT2D eigenvalue weighted by molar-refractivity contribution is 0.0664. The Morgan fingerprint density at radius 3 is 2.67 bits per heavy atom. The van der Waals surface area contributed by atoms with Gasteiger partial charge in [0.2, 0.25) is 5.95 Å². The van der Waals surface area contributed by atoms with Gasteiger partial charge >= 0.3 is 5.76 Å². The van der Waals surface area contributed by atoms with Gasteiger partial charge in [-0.3, -0.25) is 9.78 Å². The maximum atomic E-state index is 13.1. The van der Waals surface area contributed by atoms with Crippen molar-refractivity contribution in [2.45, 2.75) is 6.92 Å². The molecule has 1 aliphatic rings. The second-order valence-corrected chi connectivity index (χ2v) is 8.75. The topological polar surface area (TPSA) is 129 Å². The minimum atomic E-state index is -0.504. The van der Waals surface area contributed by atoms with Crippen LogP contribution >= 0.6 is 0 Å². The van der Waals surface area contributed by atoms with Crippen LogP contribution in [-0.4, -0.2) is 71.0 Å². The number of rotatable bonds is 6. The molecule has 186 valence electrons. The van der Waals surface area contributed by atoms with Crippen LogP contribution in [-0.2, 0) is 0 Å². The van der Waals surface area contributed by atoms with E-state index >= 15 is 0 Å². The first-order chi connectivity index (χ1) is 17.4. The number of methoxy groups -OCH3 is 1. The van der Waals surface area contributed by atoms with Gasteiger partial charge in [0.05, 0.1) is 12.6 Å². The number of ether oxygens (including phenoxy) is 1. The van der Waals surface area contributed by atoms with E-state index in [9.17, 15) is 9.59 Å². The highest BCUT2D eigenvalue weighted by Crippen LogP contribution is 2.26. The van der Waals surface area contributed by atoms with Gasteiger partial charge in [0.1, 0.15) is 11.6 Å². The van der Waals surface area contributed by atoms with E-state index < -0.39 is 5.76 Å². The monoisotopic (exact) mass is 489 g/mol. The number of fused-ring (bicyclic) bond motifs is 1. The number of piperazine rings is 1. The van der Waals surface area contributed by atoms with Gasteiger partial charge in [-0.1, -0.05) is 0 Å². The highest BCUT2D eigenvalue weighted by atomic mass is 16.5. The molecule has 1 saturated heterocycles. The molecule has 11 nitrogen and oxygen atoms in total. The number of hydrogen-bond donors (Lipinski definition) is 3. The summed E-state index contributed by atoms with van der Waals surface area (Å²) in [4.78, 5) is 40.3. The summed E-state index contributed by atoms with van der Waals surface area (Å²) in [6.07, 6.45) is 1.70. The summed E-state index contributed by atoms with van der Waals surface area (Å²) in [7, 11) is 3.62. The smallest absolute Gasteiger partial charge is 0.417 e. The molecule has 1 aliphatic heterocycles. The van der Waals surface area contributed by atoms with Crippen LogP contribution in [0.2, 0.25) is 0 Å². The molecule has 36 heavy (non-hydrogen) atoms. The molecule has 3 N–H and O–H groups in total. The minimum Gasteiger partial charge on any atom is -0.497 e. The van der Waals surface area contributed by atoms with Crippen molar-refractivity contribution in [3.63, 3.8) is 0 Å². The number of oxazole rings is 1. The highest BCUT2D eigenvalue weighted by Gasteiger charge is 2.21. The second kappa shape index (κ2) is 9.70. The van der Waals surface area contributed by atoms with Gasteiger partial charge in [0.15, 0.2) is 5.58 Å². The van der Waals surface area contributed by atoms with E-state index in [0.717, 1.165) is 24.3 Å². The van der Waals surface area contributed by atoms with Crippen molar-refractivity contribution in [1.29, 1.82) is 0 Å². The molecule has 4 aromatic rings. The third kappa shape index (κ3) is 5.01. The maximum Gasteiger partial charge on any atom is 0.417 e. The van der Waals surface area contributed by atoms with Crippen molar-refractivity contribution in [2.75, 3.05) is 51.0 Å². The molecule has 1 fully saturated rings. The van der Waals surface area contributed by atoms with E-state index in [1.165, 1.54) is 0 Å². The number of H-pyrrole nitrogens is 1. The number of nitrogens with one attached hydrogen (secondary N) is 3. The largest absolute Gasteiger partial charge is 0.497 e. The summed E-state index contributed by atoms with van der Waals surface area (Å²) in [5, 5.41) is 6.44. The van der Waals surface area contributed by atoms with Crippen molar-refractivity contribution in [1.82, 2.24) is 24.8 Å². The Morgan fingerprint density at radius 1 is 1.08 bits per heavy atom. The summed E-state index contributed by atoms with van der Waals surface area (Å²) >= 11 is 0. The zero-order chi connectivity index (χ0) is 25.2. The van der Waals surface area contributed by atoms with E-state index in [4.69, 9.17) is 9.15 Å². The fraction of sp³-hybridized carbons (Fsp3) is 0.280. The van der Waals surface area contributed by atoms with Gasteiger partial charge in [0.25, 0.3) is 5.91 Å². The number of aromatic amines is 1. The SMILES string of the molecule is COc1cc(Nc2ncc(C)c(Nc3ccc4oc(=O)[nH]c4c3)n2)cc(C(=O)N2CCN(C)CC2)c1. The molecule has 2 aromatic heterocycles. The molecule has 0 atom stereocenters. The van der Waals surface area contributed by atoms with Gasteiger partial charge in [-0.25, -0.2) is 9.78 Å². The molecular formula is C25H27N7O4. The van der Waals surface area contributed by atoms with Crippen LogP contribution < -0.4 is 21.1 Å². The number of amides is 1. The zero-order valence-corrected chi connectivity index (χ0v) is 20.3. The number of aryl methyl sites for hydroxylation is 1. The molecular weight excluding hydrogens is 462 g/mol. The third-order valence-corrected chi connectivity index (χ3v) is 6.09. The van der Waals surface area contributed by atoms with Crippen molar-refractivity contribution in [3.05, 3.63) is 64.3 Å². The Hall–Kier alpha value is -4.38. The van der Waals surface area contributed by atoms with Crippen LogP contribution in [0.25, 0.3) is 11.1 Å². The van der Waals surface area contributed by atoms with Crippen molar-refractivity contribution in [2.24, 2.45) is 0 Å². The fourth-order valence-electron chi connectivity index (χ4n) is 4.03. The van der Waals surface area contributed by atoms with Gasteiger partial charge in [-0.15, -0.1) is 0 Å². The minimum absolute atomic E-state index is 0.0371. The number of carbonyl (C=O) groups excluding carboxylic acids is 1. The van der Waals surface area contributed by atoms with Crippen LogP contribution in [0.5, 0.6) is 5.75 Å². The summed E-state index contributed by atoms with van der Waals surface area (Å²) in [6.45, 7) is 4.95. The predicted molar refractivity (Wildman–Crippen MR) is 137 cm³/mol. The van der Waals surface area contributed by atoms with Crippen LogP contribution in [0.15, 0.2) is 51.8 Å². The first kappa shape index (κ1) is 23.4. The highest BCUT2D eigenvalue weighted by molar-refractivity contribution is 5.96. The van der Waals surface area contributed by atoms with Crippen LogP contribution in [0.4, 0.5) is 23.1 Å². The summed E-state index contributed by atoms with van der Waals surface area (Å²) in [6, 6.07) is 10.6. The van der Waals surface area contributed by atoms with Crippen molar-refractivity contribution < 1.29 is 13.9 Å². The molecule has 11 heteroatoms. The lowest BCUT2D eigenvalue weighted by Crippen LogP contribution is -2.47. The summed E-state index contributed by atoms with van der Waals surface area (Å²) in [5.74, 6) is 0.965. The normalized spacial score (nSPS) is 14.1. The summed E-state index contributed by atoms with van der Waals surface area (Å²) < 4.78 is 10.5. The van der Waals surface area contributed by atoms with E-state index in [0.29, 0.717) is 53.0 Å². The number of aromatic nitrogens is 3. The molecule has 0 bridgehead atoms. The van der Waals surface area contributed by atoms with E-state index in [1.807, 2.05) is 11.8 Å². The van der Waals surface area contributed by atoms with Crippen molar-refractivity contribution >= 4 is 40.1 Å². The number of hydrogen-bond acceptors (Lipinski definition) is 9. The molecule has 5 rings (SSSR count). The van der Waals surface area contributed by atoms with E-state index in [1.54, 1.807) is 49.7 Å². The van der Waals surface area contributed by atoms with Crippen LogP contribution in [0.3, 0.4) is 0 Å². The standard InChI is InChI=1S/C25H27N7O4/c1-15-14-26-24(30-22(15)27-17-4-5-21-20(13-17)29-25(34)36-21)28-18-10-16(11-19(12-18)35-3)23(33)32-8-6-31(2)7-9-32/h4-5,10-14H,6-9H2,1-3H3,(H,29,34)(H2,26,27,28,30). The van der Waals surface area contributed by atoms with E-state index in [2.05, 4.69) is 37.5 Å². The Kier molecular flexibility index (Phi) is 6.30. The zero-order valence-electron chi connectivity index (χ0n) is 20.3. The number of anilines is 4. The van der Waals surface area contributed by atoms with Crippen LogP contribution in [0, 0.1) is 6.92 Å². The van der Waals surface area contributed by atoms with E-state index in [-0.39, 0.29) is 5.91 Å². The molecule has 0 spiro atoms. The first-order valence-corrected chi connectivity index (χ1v) is 11.6.